The highest BCUT2D eigenvalue weighted by atomic mass is 16.6. The van der Waals surface area contributed by atoms with Gasteiger partial charge in [-0.3, -0.25) is 4.79 Å². The summed E-state index contributed by atoms with van der Waals surface area (Å²) >= 11 is 0. The molecule has 0 bridgehead atoms. The van der Waals surface area contributed by atoms with Crippen molar-refractivity contribution in [2.45, 2.75) is 37.3 Å². The molecule has 2 fully saturated rings. The van der Waals surface area contributed by atoms with Gasteiger partial charge in [-0.1, -0.05) is 30.3 Å². The standard InChI is InChI=1S/C25H27N3O5/c29-20-14-31-23-21(15-32-22(20)23)33-18-10-8-17(9-11-18)24-27-13-19(25(30)28-24)26-12-4-7-16-5-2-1-3-6-16/h1-3,5-6,8-11,13,20-23,26,29H,4,7,12,14-15H2,(H,27,28,30)/t20-,21-,22-,23-/m1/s1. The number of aliphatic hydroxyl groups excluding tert-OH is 1. The summed E-state index contributed by atoms with van der Waals surface area (Å²) in [5.41, 5.74) is 2.32. The highest BCUT2D eigenvalue weighted by molar-refractivity contribution is 5.57. The Morgan fingerprint density at radius 2 is 1.85 bits per heavy atom. The first kappa shape index (κ1) is 21.6. The minimum atomic E-state index is -0.602. The zero-order valence-corrected chi connectivity index (χ0v) is 18.1. The Balaban J connectivity index is 1.16. The molecule has 8 heteroatoms. The molecule has 0 radical (unpaired) electrons. The quantitative estimate of drug-likeness (QED) is 0.454. The molecule has 2 aliphatic rings. The molecule has 5 rings (SSSR count). The van der Waals surface area contributed by atoms with Gasteiger partial charge in [0.1, 0.15) is 35.6 Å². The zero-order valence-electron chi connectivity index (χ0n) is 18.1. The summed E-state index contributed by atoms with van der Waals surface area (Å²) in [7, 11) is 0. The van der Waals surface area contributed by atoms with Gasteiger partial charge in [-0.05, 0) is 42.7 Å². The van der Waals surface area contributed by atoms with E-state index in [9.17, 15) is 9.90 Å². The lowest BCUT2D eigenvalue weighted by atomic mass is 10.1. The van der Waals surface area contributed by atoms with Crippen molar-refractivity contribution < 1.29 is 19.3 Å². The number of hydrogen-bond acceptors (Lipinski definition) is 7. The van der Waals surface area contributed by atoms with Crippen molar-refractivity contribution >= 4 is 5.69 Å². The molecular weight excluding hydrogens is 422 g/mol. The molecule has 3 heterocycles. The van der Waals surface area contributed by atoms with Gasteiger partial charge in [-0.25, -0.2) is 4.98 Å². The van der Waals surface area contributed by atoms with Crippen molar-refractivity contribution in [3.05, 3.63) is 76.7 Å². The van der Waals surface area contributed by atoms with Crippen molar-refractivity contribution in [1.29, 1.82) is 0 Å². The summed E-state index contributed by atoms with van der Waals surface area (Å²) in [6.07, 6.45) is 1.99. The van der Waals surface area contributed by atoms with Crippen LogP contribution in [-0.2, 0) is 15.9 Å². The Morgan fingerprint density at radius 1 is 1.06 bits per heavy atom. The maximum atomic E-state index is 12.5. The predicted octanol–water partition coefficient (Wildman–Crippen LogP) is 2.39. The largest absolute Gasteiger partial charge is 0.485 e. The number of fused-ring (bicyclic) bond motifs is 1. The third kappa shape index (κ3) is 4.93. The normalized spacial score (nSPS) is 23.9. The number of H-pyrrole nitrogens is 1. The van der Waals surface area contributed by atoms with Crippen molar-refractivity contribution in [3.63, 3.8) is 0 Å². The maximum absolute atomic E-state index is 12.5. The van der Waals surface area contributed by atoms with Crippen LogP contribution >= 0.6 is 0 Å². The third-order valence-electron chi connectivity index (χ3n) is 6.00. The number of nitrogens with one attached hydrogen (secondary N) is 2. The Bertz CT molecular complexity index is 1120. The smallest absolute Gasteiger partial charge is 0.274 e. The topological polar surface area (TPSA) is 106 Å². The van der Waals surface area contributed by atoms with E-state index in [1.165, 1.54) is 5.56 Å². The number of aromatic nitrogens is 2. The van der Waals surface area contributed by atoms with E-state index in [2.05, 4.69) is 27.4 Å². The fourth-order valence-corrected chi connectivity index (χ4v) is 4.24. The van der Waals surface area contributed by atoms with E-state index in [-0.39, 0.29) is 30.5 Å². The molecule has 0 aliphatic carbocycles. The Labute approximate surface area is 191 Å². The lowest BCUT2D eigenvalue weighted by Gasteiger charge is -2.18. The Kier molecular flexibility index (Phi) is 6.39. The van der Waals surface area contributed by atoms with Gasteiger partial charge in [0, 0.05) is 12.1 Å². The average molecular weight is 450 g/mol. The average Bonchev–Trinajstić information content (AvgIpc) is 3.42. The molecule has 3 aromatic rings. The number of benzene rings is 2. The fraction of sp³-hybridized carbons (Fsp3) is 0.360. The highest BCUT2D eigenvalue weighted by Gasteiger charge is 2.48. The first-order valence-electron chi connectivity index (χ1n) is 11.2. The van der Waals surface area contributed by atoms with E-state index in [4.69, 9.17) is 14.2 Å². The van der Waals surface area contributed by atoms with Crippen LogP contribution in [0.15, 0.2) is 65.6 Å². The lowest BCUT2D eigenvalue weighted by Crippen LogP contribution is -2.34. The SMILES string of the molecule is O=c1[nH]c(-c2ccc(O[C@@H]3CO[C@H]4[C@@H]3OC[C@H]4O)cc2)ncc1NCCCc1ccccc1. The van der Waals surface area contributed by atoms with E-state index in [0.717, 1.165) is 18.4 Å². The van der Waals surface area contributed by atoms with Gasteiger partial charge in [0.25, 0.3) is 5.56 Å². The van der Waals surface area contributed by atoms with E-state index >= 15 is 0 Å². The number of aryl methyl sites for hydroxylation is 1. The fourth-order valence-electron chi connectivity index (χ4n) is 4.24. The van der Waals surface area contributed by atoms with Gasteiger partial charge in [0.2, 0.25) is 0 Å². The number of nitrogens with zero attached hydrogens (tertiary/aromatic N) is 1. The second-order valence-electron chi connectivity index (χ2n) is 8.33. The molecule has 2 aliphatic heterocycles. The Morgan fingerprint density at radius 3 is 2.64 bits per heavy atom. The van der Waals surface area contributed by atoms with Crippen LogP contribution in [0.1, 0.15) is 12.0 Å². The number of ether oxygens (including phenoxy) is 3. The van der Waals surface area contributed by atoms with Crippen LogP contribution < -0.4 is 15.6 Å². The van der Waals surface area contributed by atoms with E-state index in [1.54, 1.807) is 6.20 Å². The van der Waals surface area contributed by atoms with Crippen molar-refractivity contribution in [2.75, 3.05) is 25.1 Å². The van der Waals surface area contributed by atoms with Gasteiger partial charge in [-0.15, -0.1) is 0 Å². The molecule has 0 spiro atoms. The number of anilines is 1. The molecular formula is C25H27N3O5. The number of aromatic amines is 1. The van der Waals surface area contributed by atoms with Crippen LogP contribution in [0.2, 0.25) is 0 Å². The number of hydrogen-bond donors (Lipinski definition) is 3. The van der Waals surface area contributed by atoms with Gasteiger partial charge < -0.3 is 29.6 Å². The maximum Gasteiger partial charge on any atom is 0.274 e. The van der Waals surface area contributed by atoms with Crippen LogP contribution in [0.25, 0.3) is 11.4 Å². The minimum Gasteiger partial charge on any atom is -0.485 e. The zero-order chi connectivity index (χ0) is 22.6. The van der Waals surface area contributed by atoms with Crippen molar-refractivity contribution in [2.24, 2.45) is 0 Å². The van der Waals surface area contributed by atoms with Gasteiger partial charge in [0.15, 0.2) is 6.10 Å². The van der Waals surface area contributed by atoms with Crippen molar-refractivity contribution in [3.8, 4) is 17.1 Å². The number of aliphatic hydroxyl groups is 1. The van der Waals surface area contributed by atoms with Crippen molar-refractivity contribution in [1.82, 2.24) is 9.97 Å². The first-order chi connectivity index (χ1) is 16.2. The molecule has 33 heavy (non-hydrogen) atoms. The second-order valence-corrected chi connectivity index (χ2v) is 8.33. The summed E-state index contributed by atoms with van der Waals surface area (Å²) in [6.45, 7) is 1.34. The lowest BCUT2D eigenvalue weighted by molar-refractivity contribution is 0.00863. The molecule has 0 saturated carbocycles. The third-order valence-corrected chi connectivity index (χ3v) is 6.00. The second kappa shape index (κ2) is 9.74. The summed E-state index contributed by atoms with van der Waals surface area (Å²) in [5, 5.41) is 13.0. The van der Waals surface area contributed by atoms with Gasteiger partial charge >= 0.3 is 0 Å². The monoisotopic (exact) mass is 449 g/mol. The summed E-state index contributed by atoms with van der Waals surface area (Å²) in [5.74, 6) is 1.16. The molecule has 2 aromatic carbocycles. The molecule has 4 atom stereocenters. The highest BCUT2D eigenvalue weighted by Crippen LogP contribution is 2.30. The molecule has 3 N–H and O–H groups in total. The molecule has 8 nitrogen and oxygen atoms in total. The van der Waals surface area contributed by atoms with Crippen LogP contribution in [-0.4, -0.2) is 59.2 Å². The summed E-state index contributed by atoms with van der Waals surface area (Å²) < 4.78 is 17.2. The Hall–Kier alpha value is -3.20. The van der Waals surface area contributed by atoms with Crippen LogP contribution in [0.4, 0.5) is 5.69 Å². The predicted molar refractivity (Wildman–Crippen MR) is 123 cm³/mol. The molecule has 0 amide bonds. The van der Waals surface area contributed by atoms with Crippen LogP contribution in [0, 0.1) is 0 Å². The summed E-state index contributed by atoms with van der Waals surface area (Å²) in [4.78, 5) is 19.7. The first-order valence-corrected chi connectivity index (χ1v) is 11.2. The molecule has 0 unspecified atom stereocenters. The van der Waals surface area contributed by atoms with E-state index in [0.29, 0.717) is 30.4 Å². The van der Waals surface area contributed by atoms with E-state index in [1.807, 2.05) is 42.5 Å². The minimum absolute atomic E-state index is 0.203. The van der Waals surface area contributed by atoms with Gasteiger partial charge in [-0.2, -0.15) is 0 Å². The van der Waals surface area contributed by atoms with Crippen LogP contribution in [0.3, 0.4) is 0 Å². The molecule has 2 saturated heterocycles. The summed E-state index contributed by atoms with van der Waals surface area (Å²) in [6, 6.07) is 17.6. The van der Waals surface area contributed by atoms with E-state index < -0.39 is 6.10 Å². The number of rotatable bonds is 8. The van der Waals surface area contributed by atoms with Crippen LogP contribution in [0.5, 0.6) is 5.75 Å². The van der Waals surface area contributed by atoms with Gasteiger partial charge in [0.05, 0.1) is 19.4 Å². The molecule has 1 aromatic heterocycles. The molecule has 172 valence electrons.